The molecular formula is C21H29N3O6S. The number of unbranched alkanes of at least 4 members (excludes halogenated alkanes) is 1. The number of rotatable bonds is 8. The Balaban J connectivity index is 1.69. The Bertz CT molecular complexity index is 1070. The fourth-order valence-corrected chi connectivity index (χ4v) is 5.66. The van der Waals surface area contributed by atoms with Gasteiger partial charge in [0.1, 0.15) is 5.76 Å². The van der Waals surface area contributed by atoms with Crippen LogP contribution in [0.3, 0.4) is 0 Å². The molecule has 170 valence electrons. The van der Waals surface area contributed by atoms with E-state index in [0.29, 0.717) is 35.8 Å². The molecule has 0 saturated carbocycles. The predicted octanol–water partition coefficient (Wildman–Crippen LogP) is 2.36. The highest BCUT2D eigenvalue weighted by Gasteiger charge is 2.34. The van der Waals surface area contributed by atoms with E-state index in [1.165, 1.54) is 0 Å². The standard InChI is InChI=1S/C21H29N3O6S/c1-5-6-8-23(17-7-9-31(27,28)13-17)20(25)12-29-21(26)18-10-14(2)24(16(18)4)19-11-15(3)30-22-19/h10-11,17H,5-9,12-13H2,1-4H3/t17-/m1/s1. The molecule has 0 spiro atoms. The summed E-state index contributed by atoms with van der Waals surface area (Å²) in [6.07, 6.45) is 2.05. The van der Waals surface area contributed by atoms with Crippen LogP contribution in [-0.2, 0) is 19.4 Å². The van der Waals surface area contributed by atoms with E-state index in [-0.39, 0.29) is 23.5 Å². The van der Waals surface area contributed by atoms with Crippen LogP contribution in [0.25, 0.3) is 5.82 Å². The van der Waals surface area contributed by atoms with Crippen LogP contribution in [0, 0.1) is 20.8 Å². The van der Waals surface area contributed by atoms with E-state index in [9.17, 15) is 18.0 Å². The largest absolute Gasteiger partial charge is 0.452 e. The van der Waals surface area contributed by atoms with Gasteiger partial charge in [0.15, 0.2) is 22.3 Å². The third-order valence-electron chi connectivity index (χ3n) is 5.54. The number of aromatic nitrogens is 2. The van der Waals surface area contributed by atoms with Gasteiger partial charge in [-0.15, -0.1) is 0 Å². The van der Waals surface area contributed by atoms with Crippen LogP contribution in [0.1, 0.15) is 53.7 Å². The molecule has 2 aromatic rings. The molecule has 2 aromatic heterocycles. The van der Waals surface area contributed by atoms with Gasteiger partial charge >= 0.3 is 5.97 Å². The van der Waals surface area contributed by atoms with Crippen molar-refractivity contribution in [2.45, 2.75) is 53.0 Å². The number of hydrogen-bond donors (Lipinski definition) is 0. The summed E-state index contributed by atoms with van der Waals surface area (Å²) in [6, 6.07) is 3.09. The molecule has 1 aliphatic heterocycles. The molecular weight excluding hydrogens is 422 g/mol. The van der Waals surface area contributed by atoms with Crippen LogP contribution in [0.15, 0.2) is 16.7 Å². The summed E-state index contributed by atoms with van der Waals surface area (Å²) in [4.78, 5) is 27.0. The highest BCUT2D eigenvalue weighted by atomic mass is 32.2. The van der Waals surface area contributed by atoms with Crippen LogP contribution in [0.4, 0.5) is 0 Å². The van der Waals surface area contributed by atoms with Gasteiger partial charge in [0.05, 0.1) is 17.1 Å². The fraction of sp³-hybridized carbons (Fsp3) is 0.571. The molecule has 1 aliphatic rings. The van der Waals surface area contributed by atoms with Gasteiger partial charge in [-0.05, 0) is 39.7 Å². The number of nitrogens with zero attached hydrogens (tertiary/aromatic N) is 3. The Hall–Kier alpha value is -2.62. The summed E-state index contributed by atoms with van der Waals surface area (Å²) in [7, 11) is -3.12. The van der Waals surface area contributed by atoms with Crippen molar-refractivity contribution in [3.8, 4) is 5.82 Å². The second-order valence-electron chi connectivity index (χ2n) is 7.99. The zero-order valence-electron chi connectivity index (χ0n) is 18.4. The second-order valence-corrected chi connectivity index (χ2v) is 10.2. The first-order chi connectivity index (χ1) is 14.6. The number of esters is 1. The second kappa shape index (κ2) is 9.25. The summed E-state index contributed by atoms with van der Waals surface area (Å²) < 4.78 is 35.9. The summed E-state index contributed by atoms with van der Waals surface area (Å²) in [5, 5.41) is 3.99. The maximum absolute atomic E-state index is 12.8. The first-order valence-corrected chi connectivity index (χ1v) is 12.2. The smallest absolute Gasteiger partial charge is 0.340 e. The number of carbonyl (C=O) groups excluding carboxylic acids is 2. The number of ether oxygens (including phenoxy) is 1. The Morgan fingerprint density at radius 3 is 2.61 bits per heavy atom. The van der Waals surface area contributed by atoms with E-state index in [2.05, 4.69) is 5.16 Å². The molecule has 1 amide bonds. The van der Waals surface area contributed by atoms with Gasteiger partial charge in [-0.2, -0.15) is 0 Å². The maximum atomic E-state index is 12.8. The lowest BCUT2D eigenvalue weighted by atomic mass is 10.2. The molecule has 0 aromatic carbocycles. The average Bonchev–Trinajstić information content (AvgIpc) is 3.37. The number of aryl methyl sites for hydroxylation is 2. The summed E-state index contributed by atoms with van der Waals surface area (Å²) in [6.45, 7) is 7.42. The quantitative estimate of drug-likeness (QED) is 0.566. The maximum Gasteiger partial charge on any atom is 0.340 e. The Morgan fingerprint density at radius 2 is 2.03 bits per heavy atom. The highest BCUT2D eigenvalue weighted by Crippen LogP contribution is 2.22. The molecule has 0 bridgehead atoms. The van der Waals surface area contributed by atoms with Crippen molar-refractivity contribution in [2.75, 3.05) is 24.7 Å². The lowest BCUT2D eigenvalue weighted by molar-refractivity contribution is -0.136. The molecule has 3 heterocycles. The minimum atomic E-state index is -3.12. The summed E-state index contributed by atoms with van der Waals surface area (Å²) >= 11 is 0. The van der Waals surface area contributed by atoms with Gasteiger partial charge in [0.2, 0.25) is 0 Å². The normalized spacial score (nSPS) is 17.6. The Kier molecular flexibility index (Phi) is 6.88. The van der Waals surface area contributed by atoms with Crippen molar-refractivity contribution >= 4 is 21.7 Å². The first-order valence-electron chi connectivity index (χ1n) is 10.4. The molecule has 1 fully saturated rings. The first kappa shape index (κ1) is 23.1. The average molecular weight is 452 g/mol. The van der Waals surface area contributed by atoms with Crippen molar-refractivity contribution in [1.82, 2.24) is 14.6 Å². The van der Waals surface area contributed by atoms with E-state index in [4.69, 9.17) is 9.26 Å². The molecule has 1 saturated heterocycles. The fourth-order valence-electron chi connectivity index (χ4n) is 3.93. The molecule has 0 N–H and O–H groups in total. The molecule has 9 nitrogen and oxygen atoms in total. The van der Waals surface area contributed by atoms with Crippen molar-refractivity contribution in [2.24, 2.45) is 0 Å². The third-order valence-corrected chi connectivity index (χ3v) is 7.29. The van der Waals surface area contributed by atoms with Crippen LogP contribution in [0.5, 0.6) is 0 Å². The van der Waals surface area contributed by atoms with E-state index in [1.54, 1.807) is 35.4 Å². The van der Waals surface area contributed by atoms with Crippen molar-refractivity contribution < 1.29 is 27.3 Å². The molecule has 0 radical (unpaired) electrons. The van der Waals surface area contributed by atoms with Crippen LogP contribution < -0.4 is 0 Å². The van der Waals surface area contributed by atoms with Gasteiger partial charge < -0.3 is 14.2 Å². The molecule has 3 rings (SSSR count). The number of sulfone groups is 1. The van der Waals surface area contributed by atoms with Crippen LogP contribution in [0.2, 0.25) is 0 Å². The lowest BCUT2D eigenvalue weighted by Crippen LogP contribution is -2.43. The molecule has 1 atom stereocenters. The van der Waals surface area contributed by atoms with E-state index >= 15 is 0 Å². The SMILES string of the molecule is CCCCN(C(=O)COC(=O)c1cc(C)n(-c2cc(C)on2)c1C)[C@@H]1CCS(=O)(=O)C1. The van der Waals surface area contributed by atoms with Crippen molar-refractivity contribution in [3.05, 3.63) is 34.8 Å². The molecule has 10 heteroatoms. The number of amides is 1. The zero-order valence-corrected chi connectivity index (χ0v) is 19.2. The Morgan fingerprint density at radius 1 is 1.29 bits per heavy atom. The van der Waals surface area contributed by atoms with Gasteiger partial charge in [-0.25, -0.2) is 13.2 Å². The van der Waals surface area contributed by atoms with E-state index in [1.807, 2.05) is 13.8 Å². The molecule has 0 unspecified atom stereocenters. The topological polar surface area (TPSA) is 112 Å². The van der Waals surface area contributed by atoms with Crippen molar-refractivity contribution in [1.29, 1.82) is 0 Å². The van der Waals surface area contributed by atoms with Crippen molar-refractivity contribution in [3.63, 3.8) is 0 Å². The predicted molar refractivity (Wildman–Crippen MR) is 114 cm³/mol. The minimum Gasteiger partial charge on any atom is -0.452 e. The monoisotopic (exact) mass is 451 g/mol. The van der Waals surface area contributed by atoms with E-state index in [0.717, 1.165) is 18.5 Å². The minimum absolute atomic E-state index is 0.0331. The van der Waals surface area contributed by atoms with Crippen LogP contribution in [-0.4, -0.2) is 65.6 Å². The third kappa shape index (κ3) is 5.17. The molecule has 0 aliphatic carbocycles. The van der Waals surface area contributed by atoms with Gasteiger partial charge in [-0.1, -0.05) is 18.5 Å². The van der Waals surface area contributed by atoms with Gasteiger partial charge in [0.25, 0.3) is 5.91 Å². The highest BCUT2D eigenvalue weighted by molar-refractivity contribution is 7.91. The lowest BCUT2D eigenvalue weighted by Gasteiger charge is -2.28. The zero-order chi connectivity index (χ0) is 22.8. The number of carbonyl (C=O) groups is 2. The van der Waals surface area contributed by atoms with E-state index < -0.39 is 22.4 Å². The summed E-state index contributed by atoms with van der Waals surface area (Å²) in [5.74, 6) is 0.289. The van der Waals surface area contributed by atoms with Gasteiger partial charge in [-0.3, -0.25) is 9.36 Å². The summed E-state index contributed by atoms with van der Waals surface area (Å²) in [5.41, 5.74) is 1.76. The van der Waals surface area contributed by atoms with Crippen LogP contribution >= 0.6 is 0 Å². The van der Waals surface area contributed by atoms with Gasteiger partial charge in [0, 0.05) is 30.0 Å². The number of hydrogen-bond acceptors (Lipinski definition) is 7. The molecule has 31 heavy (non-hydrogen) atoms. The Labute approximate surface area is 182 Å².